The molecular formula is C14H29FN3O2+. The van der Waals surface area contributed by atoms with Crippen molar-refractivity contribution in [2.24, 2.45) is 5.92 Å². The zero-order valence-corrected chi connectivity index (χ0v) is 13.3. The van der Waals surface area contributed by atoms with E-state index in [0.29, 0.717) is 31.3 Å². The summed E-state index contributed by atoms with van der Waals surface area (Å²) in [5.74, 6) is -0.708. The predicted octanol–water partition coefficient (Wildman–Crippen LogP) is 0.764. The van der Waals surface area contributed by atoms with Crippen LogP contribution in [0.3, 0.4) is 0 Å². The molecule has 0 aromatic carbocycles. The van der Waals surface area contributed by atoms with E-state index < -0.39 is 5.91 Å². The molecule has 0 bridgehead atoms. The number of quaternary nitrogens is 1. The number of halogens is 1. The highest BCUT2D eigenvalue weighted by Gasteiger charge is 2.24. The lowest BCUT2D eigenvalue weighted by Crippen LogP contribution is -2.43. The van der Waals surface area contributed by atoms with E-state index in [1.807, 2.05) is 0 Å². The SMILES string of the molecule is CC(CN1CCOCC1)C(=O)N(F)CCC[N+](C)(C)C. The standard InChI is InChI=1S/C14H29FN3O2/c1-13(12-16-7-10-20-11-8-16)14(19)17(15)6-5-9-18(2,3)4/h13H,5-12H2,1-4H3/q+1. The Morgan fingerprint density at radius 3 is 2.50 bits per heavy atom. The highest BCUT2D eigenvalue weighted by molar-refractivity contribution is 5.77. The summed E-state index contributed by atoms with van der Waals surface area (Å²) in [5, 5.41) is 0.390. The summed E-state index contributed by atoms with van der Waals surface area (Å²) in [6, 6.07) is 0. The molecule has 1 atom stereocenters. The lowest BCUT2D eigenvalue weighted by atomic mass is 10.1. The van der Waals surface area contributed by atoms with Crippen molar-refractivity contribution in [2.75, 3.05) is 67.1 Å². The van der Waals surface area contributed by atoms with Gasteiger partial charge in [0.25, 0.3) is 5.91 Å². The number of ether oxygens (including phenoxy) is 1. The zero-order chi connectivity index (χ0) is 15.2. The van der Waals surface area contributed by atoms with Crippen LogP contribution in [-0.2, 0) is 9.53 Å². The van der Waals surface area contributed by atoms with Crippen molar-refractivity contribution in [2.45, 2.75) is 13.3 Å². The first-order valence-corrected chi connectivity index (χ1v) is 7.37. The van der Waals surface area contributed by atoms with Gasteiger partial charge in [0.1, 0.15) is 0 Å². The molecule has 1 saturated heterocycles. The molecule has 1 aliphatic heterocycles. The third-order valence-electron chi connectivity index (χ3n) is 3.48. The highest BCUT2D eigenvalue weighted by Crippen LogP contribution is 2.09. The molecule has 1 aliphatic rings. The van der Waals surface area contributed by atoms with Crippen LogP contribution in [0.15, 0.2) is 0 Å². The van der Waals surface area contributed by atoms with Crippen LogP contribution in [-0.4, -0.2) is 87.5 Å². The van der Waals surface area contributed by atoms with Gasteiger partial charge in [-0.1, -0.05) is 11.4 Å². The van der Waals surface area contributed by atoms with E-state index in [1.54, 1.807) is 6.92 Å². The van der Waals surface area contributed by atoms with Crippen molar-refractivity contribution in [1.82, 2.24) is 10.0 Å². The van der Waals surface area contributed by atoms with Gasteiger partial charge in [-0.25, -0.2) is 0 Å². The second-order valence-corrected chi connectivity index (χ2v) is 6.61. The van der Waals surface area contributed by atoms with Gasteiger partial charge in [-0.15, -0.1) is 0 Å². The molecule has 0 radical (unpaired) electrons. The molecule has 1 heterocycles. The maximum atomic E-state index is 13.8. The number of morpholine rings is 1. The van der Waals surface area contributed by atoms with Crippen molar-refractivity contribution < 1.29 is 18.5 Å². The van der Waals surface area contributed by atoms with Gasteiger partial charge in [0, 0.05) is 26.1 Å². The fraction of sp³-hybridized carbons (Fsp3) is 0.929. The fourth-order valence-corrected chi connectivity index (χ4v) is 2.28. The maximum absolute atomic E-state index is 13.8. The topological polar surface area (TPSA) is 32.8 Å². The summed E-state index contributed by atoms with van der Waals surface area (Å²) >= 11 is 0. The van der Waals surface area contributed by atoms with E-state index in [0.717, 1.165) is 24.1 Å². The van der Waals surface area contributed by atoms with E-state index in [1.165, 1.54) is 0 Å². The normalized spacial score (nSPS) is 18.9. The average molecular weight is 290 g/mol. The average Bonchev–Trinajstić information content (AvgIpc) is 2.37. The minimum Gasteiger partial charge on any atom is -0.379 e. The van der Waals surface area contributed by atoms with Gasteiger partial charge in [-0.05, 0) is 0 Å². The van der Waals surface area contributed by atoms with E-state index in [9.17, 15) is 9.28 Å². The number of hydrogen-bond donors (Lipinski definition) is 0. The second kappa shape index (κ2) is 7.90. The van der Waals surface area contributed by atoms with Gasteiger partial charge in [-0.3, -0.25) is 9.69 Å². The molecule has 6 heteroatoms. The number of nitrogens with zero attached hydrogens (tertiary/aromatic N) is 3. The molecule has 1 rings (SSSR count). The molecule has 0 aromatic heterocycles. The second-order valence-electron chi connectivity index (χ2n) is 6.61. The van der Waals surface area contributed by atoms with Crippen molar-refractivity contribution in [3.8, 4) is 0 Å². The van der Waals surface area contributed by atoms with Crippen LogP contribution in [0.1, 0.15) is 13.3 Å². The number of amides is 1. The molecule has 0 spiro atoms. The molecular weight excluding hydrogens is 261 g/mol. The Morgan fingerprint density at radius 1 is 1.35 bits per heavy atom. The van der Waals surface area contributed by atoms with E-state index in [2.05, 4.69) is 26.0 Å². The molecule has 0 aromatic rings. The summed E-state index contributed by atoms with van der Waals surface area (Å²) < 4.78 is 19.9. The fourth-order valence-electron chi connectivity index (χ4n) is 2.28. The summed E-state index contributed by atoms with van der Waals surface area (Å²) in [6.45, 7) is 6.49. The maximum Gasteiger partial charge on any atom is 0.254 e. The Kier molecular flexibility index (Phi) is 6.85. The van der Waals surface area contributed by atoms with Crippen molar-refractivity contribution in [3.63, 3.8) is 0 Å². The summed E-state index contributed by atoms with van der Waals surface area (Å²) in [4.78, 5) is 14.1. The van der Waals surface area contributed by atoms with Crippen LogP contribution < -0.4 is 0 Å². The van der Waals surface area contributed by atoms with Crippen molar-refractivity contribution in [1.29, 1.82) is 0 Å². The first-order chi connectivity index (χ1) is 9.29. The molecule has 1 fully saturated rings. The number of carbonyl (C=O) groups excluding carboxylic acids is 1. The highest BCUT2D eigenvalue weighted by atomic mass is 19.2. The van der Waals surface area contributed by atoms with Crippen LogP contribution in [0.5, 0.6) is 0 Å². The Bertz CT molecular complexity index is 301. The third kappa shape index (κ3) is 6.63. The van der Waals surface area contributed by atoms with Crippen LogP contribution in [0, 0.1) is 5.92 Å². The van der Waals surface area contributed by atoms with Gasteiger partial charge in [0.15, 0.2) is 0 Å². The quantitative estimate of drug-likeness (QED) is 0.513. The molecule has 5 nitrogen and oxygen atoms in total. The lowest BCUT2D eigenvalue weighted by Gasteiger charge is -2.29. The third-order valence-corrected chi connectivity index (χ3v) is 3.48. The Labute approximate surface area is 121 Å². The molecule has 0 aliphatic carbocycles. The van der Waals surface area contributed by atoms with Crippen molar-refractivity contribution in [3.05, 3.63) is 0 Å². The zero-order valence-electron chi connectivity index (χ0n) is 13.3. The lowest BCUT2D eigenvalue weighted by molar-refractivity contribution is -0.870. The molecule has 0 N–H and O–H groups in total. The molecule has 1 amide bonds. The van der Waals surface area contributed by atoms with Gasteiger partial charge in [-0.2, -0.15) is 5.12 Å². The summed E-state index contributed by atoms with van der Waals surface area (Å²) in [6.07, 6.45) is 0.677. The van der Waals surface area contributed by atoms with E-state index in [4.69, 9.17) is 4.74 Å². The minimum absolute atomic E-state index is 0.182. The molecule has 1 unspecified atom stereocenters. The first-order valence-electron chi connectivity index (χ1n) is 7.37. The number of rotatable bonds is 7. The summed E-state index contributed by atoms with van der Waals surface area (Å²) in [5.41, 5.74) is 0. The van der Waals surface area contributed by atoms with Gasteiger partial charge in [0.05, 0.1) is 53.4 Å². The Morgan fingerprint density at radius 2 is 1.95 bits per heavy atom. The van der Waals surface area contributed by atoms with Gasteiger partial charge >= 0.3 is 0 Å². The van der Waals surface area contributed by atoms with Gasteiger partial charge < -0.3 is 9.22 Å². The van der Waals surface area contributed by atoms with E-state index in [-0.39, 0.29) is 12.5 Å². The predicted molar refractivity (Wildman–Crippen MR) is 76.8 cm³/mol. The van der Waals surface area contributed by atoms with Crippen LogP contribution in [0.2, 0.25) is 0 Å². The summed E-state index contributed by atoms with van der Waals surface area (Å²) in [7, 11) is 6.18. The van der Waals surface area contributed by atoms with Gasteiger partial charge in [0.2, 0.25) is 0 Å². The van der Waals surface area contributed by atoms with E-state index >= 15 is 0 Å². The first kappa shape index (κ1) is 17.3. The van der Waals surface area contributed by atoms with Crippen LogP contribution >= 0.6 is 0 Å². The Balaban J connectivity index is 2.27. The number of carbonyl (C=O) groups is 1. The molecule has 118 valence electrons. The van der Waals surface area contributed by atoms with Crippen molar-refractivity contribution >= 4 is 5.91 Å². The monoisotopic (exact) mass is 290 g/mol. The molecule has 0 saturated carbocycles. The Hall–Kier alpha value is -0.720. The largest absolute Gasteiger partial charge is 0.379 e. The van der Waals surface area contributed by atoms with Crippen LogP contribution in [0.4, 0.5) is 4.48 Å². The number of hydrogen-bond acceptors (Lipinski definition) is 3. The van der Waals surface area contributed by atoms with Crippen LogP contribution in [0.25, 0.3) is 0 Å². The molecule has 20 heavy (non-hydrogen) atoms. The smallest absolute Gasteiger partial charge is 0.254 e. The minimum atomic E-state index is -0.405.